The number of fused-ring (bicyclic) bond motifs is 1. The molecular weight excluding hydrogens is 384 g/mol. The van der Waals surface area contributed by atoms with Crippen LogP contribution >= 0.6 is 11.8 Å². The summed E-state index contributed by atoms with van der Waals surface area (Å²) in [6.07, 6.45) is 8.07. The fraction of sp³-hybridized carbons (Fsp3) is 0.409. The van der Waals surface area contributed by atoms with E-state index in [4.69, 9.17) is 4.42 Å². The fourth-order valence-electron chi connectivity index (χ4n) is 4.06. The Morgan fingerprint density at radius 2 is 1.90 bits per heavy atom. The van der Waals surface area contributed by atoms with Gasteiger partial charge in [-0.05, 0) is 39.1 Å². The number of hydrogen-bond acceptors (Lipinski definition) is 6. The van der Waals surface area contributed by atoms with Crippen LogP contribution in [0.1, 0.15) is 41.8 Å². The van der Waals surface area contributed by atoms with E-state index in [1.54, 1.807) is 18.5 Å². The topological polar surface area (TPSA) is 71.3 Å². The van der Waals surface area contributed by atoms with Crippen LogP contribution in [0.4, 0.5) is 0 Å². The molecular formula is C22H26N4O2S. The molecule has 0 saturated heterocycles. The van der Waals surface area contributed by atoms with Crippen LogP contribution in [-0.2, 0) is 5.75 Å². The van der Waals surface area contributed by atoms with Crippen LogP contribution in [0, 0.1) is 0 Å². The van der Waals surface area contributed by atoms with Crippen molar-refractivity contribution in [3.8, 4) is 0 Å². The Labute approximate surface area is 175 Å². The predicted molar refractivity (Wildman–Crippen MR) is 115 cm³/mol. The first-order valence-corrected chi connectivity index (χ1v) is 10.9. The van der Waals surface area contributed by atoms with Crippen molar-refractivity contribution in [2.45, 2.75) is 42.1 Å². The van der Waals surface area contributed by atoms with E-state index in [9.17, 15) is 4.79 Å². The monoisotopic (exact) mass is 410 g/mol. The molecule has 1 saturated carbocycles. The Kier molecular flexibility index (Phi) is 5.87. The number of benzene rings is 1. The predicted octanol–water partition coefficient (Wildman–Crippen LogP) is 4.12. The van der Waals surface area contributed by atoms with Gasteiger partial charge in [-0.1, -0.05) is 42.8 Å². The number of aromatic nitrogens is 2. The van der Waals surface area contributed by atoms with Gasteiger partial charge in [-0.15, -0.1) is 0 Å². The largest absolute Gasteiger partial charge is 0.451 e. The summed E-state index contributed by atoms with van der Waals surface area (Å²) >= 11 is 1.50. The van der Waals surface area contributed by atoms with Crippen molar-refractivity contribution in [2.75, 3.05) is 20.6 Å². The second kappa shape index (κ2) is 8.55. The normalized spacial score (nSPS) is 15.8. The second-order valence-corrected chi connectivity index (χ2v) is 8.68. The third-order valence-electron chi connectivity index (χ3n) is 5.85. The van der Waals surface area contributed by atoms with Crippen LogP contribution in [0.5, 0.6) is 0 Å². The van der Waals surface area contributed by atoms with Crippen LogP contribution < -0.4 is 5.32 Å². The van der Waals surface area contributed by atoms with Gasteiger partial charge in [0.25, 0.3) is 5.91 Å². The number of likely N-dealkylation sites (N-methyl/N-ethyl adjacent to an activating group) is 1. The molecule has 3 aromatic rings. The number of carbonyl (C=O) groups is 1. The standard InChI is InChI=1S/C22H26N4O2S/c1-26(2)22(10-5-6-11-22)15-25-20(27)19-17(14-29-21-23-12-7-13-24-21)16-8-3-4-9-18(16)28-19/h3-4,7-9,12-13H,5-6,10-11,14-15H2,1-2H3,(H,25,27). The van der Waals surface area contributed by atoms with Gasteiger partial charge >= 0.3 is 0 Å². The van der Waals surface area contributed by atoms with E-state index in [-0.39, 0.29) is 11.4 Å². The summed E-state index contributed by atoms with van der Waals surface area (Å²) in [6.45, 7) is 0.629. The van der Waals surface area contributed by atoms with Crippen LogP contribution in [0.15, 0.2) is 52.3 Å². The van der Waals surface area contributed by atoms with Crippen molar-refractivity contribution < 1.29 is 9.21 Å². The SMILES string of the molecule is CN(C)C1(CNC(=O)c2oc3ccccc3c2CSc2ncccn2)CCCC1. The highest BCUT2D eigenvalue weighted by Crippen LogP contribution is 2.34. The molecule has 1 aliphatic rings. The van der Waals surface area contributed by atoms with E-state index in [2.05, 4.69) is 34.3 Å². The molecule has 0 radical (unpaired) electrons. The first-order chi connectivity index (χ1) is 14.1. The number of nitrogens with one attached hydrogen (secondary N) is 1. The molecule has 2 heterocycles. The number of furan rings is 1. The van der Waals surface area contributed by atoms with Gasteiger partial charge in [0.2, 0.25) is 0 Å². The van der Waals surface area contributed by atoms with Crippen LogP contribution in [-0.4, -0.2) is 47.0 Å². The molecule has 4 rings (SSSR count). The molecule has 0 unspecified atom stereocenters. The summed E-state index contributed by atoms with van der Waals surface area (Å²) in [5, 5.41) is 4.79. The average Bonchev–Trinajstić information content (AvgIpc) is 3.37. The summed E-state index contributed by atoms with van der Waals surface area (Å²) in [5.41, 5.74) is 1.65. The molecule has 1 aromatic carbocycles. The van der Waals surface area contributed by atoms with Gasteiger partial charge < -0.3 is 14.6 Å². The van der Waals surface area contributed by atoms with E-state index in [1.165, 1.54) is 24.6 Å². The van der Waals surface area contributed by atoms with Gasteiger partial charge in [-0.25, -0.2) is 9.97 Å². The van der Waals surface area contributed by atoms with Crippen molar-refractivity contribution in [1.82, 2.24) is 20.2 Å². The van der Waals surface area contributed by atoms with Gasteiger partial charge in [-0.3, -0.25) is 4.79 Å². The molecule has 7 heteroatoms. The number of carbonyl (C=O) groups excluding carboxylic acids is 1. The third-order valence-corrected chi connectivity index (χ3v) is 6.76. The Bertz CT molecular complexity index is 981. The highest BCUT2D eigenvalue weighted by Gasteiger charge is 2.36. The highest BCUT2D eigenvalue weighted by molar-refractivity contribution is 7.98. The van der Waals surface area contributed by atoms with Crippen molar-refractivity contribution in [1.29, 1.82) is 0 Å². The first-order valence-electron chi connectivity index (χ1n) is 9.95. The van der Waals surface area contributed by atoms with Gasteiger partial charge in [0.15, 0.2) is 10.9 Å². The molecule has 1 aliphatic carbocycles. The highest BCUT2D eigenvalue weighted by atomic mass is 32.2. The molecule has 152 valence electrons. The van der Waals surface area contributed by atoms with Gasteiger partial charge in [-0.2, -0.15) is 0 Å². The Hall–Kier alpha value is -2.38. The average molecular weight is 411 g/mol. The molecule has 29 heavy (non-hydrogen) atoms. The molecule has 1 N–H and O–H groups in total. The van der Waals surface area contributed by atoms with Crippen molar-refractivity contribution in [3.63, 3.8) is 0 Å². The molecule has 6 nitrogen and oxygen atoms in total. The summed E-state index contributed by atoms with van der Waals surface area (Å²) in [7, 11) is 4.20. The molecule has 0 spiro atoms. The number of rotatable bonds is 7. The van der Waals surface area contributed by atoms with E-state index in [1.807, 2.05) is 24.3 Å². The van der Waals surface area contributed by atoms with E-state index in [0.29, 0.717) is 23.2 Å². The van der Waals surface area contributed by atoms with Crippen molar-refractivity contribution in [3.05, 3.63) is 54.0 Å². The molecule has 0 aliphatic heterocycles. The van der Waals surface area contributed by atoms with E-state index >= 15 is 0 Å². The van der Waals surface area contributed by atoms with Gasteiger partial charge in [0.05, 0.1) is 0 Å². The Morgan fingerprint density at radius 1 is 1.17 bits per heavy atom. The number of thioether (sulfide) groups is 1. The number of hydrogen-bond donors (Lipinski definition) is 1. The lowest BCUT2D eigenvalue weighted by atomic mass is 9.96. The maximum absolute atomic E-state index is 13.1. The second-order valence-electron chi connectivity index (χ2n) is 7.73. The van der Waals surface area contributed by atoms with Gasteiger partial charge in [0, 0.05) is 41.2 Å². The van der Waals surface area contributed by atoms with Crippen LogP contribution in [0.25, 0.3) is 11.0 Å². The number of nitrogens with zero attached hydrogens (tertiary/aromatic N) is 3. The van der Waals surface area contributed by atoms with Crippen molar-refractivity contribution in [2.24, 2.45) is 0 Å². The Morgan fingerprint density at radius 3 is 2.62 bits per heavy atom. The first kappa shape index (κ1) is 19.9. The minimum absolute atomic E-state index is 0.0362. The van der Waals surface area contributed by atoms with Crippen LogP contribution in [0.3, 0.4) is 0 Å². The summed E-state index contributed by atoms with van der Waals surface area (Å²) in [5.74, 6) is 0.809. The summed E-state index contributed by atoms with van der Waals surface area (Å²) in [4.78, 5) is 23.9. The van der Waals surface area contributed by atoms with Crippen LogP contribution in [0.2, 0.25) is 0 Å². The van der Waals surface area contributed by atoms with E-state index in [0.717, 1.165) is 29.4 Å². The smallest absolute Gasteiger partial charge is 0.287 e. The molecule has 0 atom stereocenters. The minimum Gasteiger partial charge on any atom is -0.451 e. The van der Waals surface area contributed by atoms with Gasteiger partial charge in [0.1, 0.15) is 5.58 Å². The summed E-state index contributed by atoms with van der Waals surface area (Å²) < 4.78 is 5.98. The lowest BCUT2D eigenvalue weighted by Gasteiger charge is -2.36. The fourth-order valence-corrected chi connectivity index (χ4v) is 4.89. The zero-order valence-electron chi connectivity index (χ0n) is 16.9. The maximum Gasteiger partial charge on any atom is 0.287 e. The minimum atomic E-state index is -0.154. The third kappa shape index (κ3) is 4.16. The Balaban J connectivity index is 1.56. The molecule has 1 amide bonds. The maximum atomic E-state index is 13.1. The number of para-hydroxylation sites is 1. The molecule has 0 bridgehead atoms. The van der Waals surface area contributed by atoms with E-state index < -0.39 is 0 Å². The lowest BCUT2D eigenvalue weighted by Crippen LogP contribution is -2.50. The van der Waals surface area contributed by atoms with Crippen molar-refractivity contribution >= 4 is 28.6 Å². The molecule has 2 aromatic heterocycles. The number of amides is 1. The summed E-state index contributed by atoms with van der Waals surface area (Å²) in [6, 6.07) is 9.57. The quantitative estimate of drug-likeness (QED) is 0.467. The zero-order valence-corrected chi connectivity index (χ0v) is 17.7. The molecule has 1 fully saturated rings. The zero-order chi connectivity index (χ0) is 20.3. The lowest BCUT2D eigenvalue weighted by molar-refractivity contribution is 0.0874.